The molecular formula is C48H75O11P. The normalized spacial score (nSPS) is 15.5. The van der Waals surface area contributed by atoms with Crippen LogP contribution in [0, 0.1) is 0 Å². The summed E-state index contributed by atoms with van der Waals surface area (Å²) in [6.45, 7) is 1.96. The van der Waals surface area contributed by atoms with Gasteiger partial charge in [0.25, 0.3) is 0 Å². The van der Waals surface area contributed by atoms with Gasteiger partial charge in [-0.05, 0) is 83.5 Å². The van der Waals surface area contributed by atoms with E-state index in [0.29, 0.717) is 32.1 Å². The molecule has 4 N–H and O–H groups in total. The fourth-order valence-corrected chi connectivity index (χ4v) is 5.65. The van der Waals surface area contributed by atoms with Crippen LogP contribution in [0.1, 0.15) is 123 Å². The number of unbranched alkanes of at least 4 members (excludes halogenated alkanes) is 4. The van der Waals surface area contributed by atoms with E-state index in [1.54, 1.807) is 6.08 Å². The molecule has 338 valence electrons. The molecule has 11 nitrogen and oxygen atoms in total. The van der Waals surface area contributed by atoms with Crippen LogP contribution in [0.3, 0.4) is 0 Å². The van der Waals surface area contributed by atoms with Gasteiger partial charge in [0.15, 0.2) is 6.10 Å². The van der Waals surface area contributed by atoms with Gasteiger partial charge in [-0.25, -0.2) is 4.57 Å². The molecule has 0 aliphatic carbocycles. The Balaban J connectivity index is 4.61. The summed E-state index contributed by atoms with van der Waals surface area (Å²) >= 11 is 0. The highest BCUT2D eigenvalue weighted by atomic mass is 31.2. The van der Waals surface area contributed by atoms with Crippen molar-refractivity contribution in [3.63, 3.8) is 0 Å². The molecule has 0 rings (SSSR count). The molecule has 0 fully saturated rings. The molecule has 0 amide bonds. The maximum atomic E-state index is 12.6. The fraction of sp³-hybridized carbons (Fsp3) is 0.542. The standard InChI is InChI=1S/C48H75O11P/c1-3-5-7-9-11-12-13-14-15-16-17-18-19-20-21-22-26-30-34-38-47(52)56-42-46(43-58-60(54,55)57-41-45(51)40-49)59-48(53)39-35-31-27-24-23-25-29-33-37-44(50)36-32-28-10-8-6-4-2/h6,8,11-12,14-15,17-18,20-21,24-30,32-33,37,44-46,49-51H,3-5,7,9-10,13,16,19,22-23,31,34-36,38-43H2,1-2H3,(H,54,55)/b8-6-,12-11-,15-14-,18-17-,21-20-,27-24-,29-25-,30-26-,32-28-,37-33+/t44?,45-,46+/m0/s1. The second-order valence-electron chi connectivity index (χ2n) is 13.8. The quantitative estimate of drug-likeness (QED) is 0.0153. The average Bonchev–Trinajstić information content (AvgIpc) is 3.23. The number of carbonyl (C=O) groups is 2. The summed E-state index contributed by atoms with van der Waals surface area (Å²) in [5.74, 6) is -1.14. The number of hydrogen-bond acceptors (Lipinski definition) is 10. The molecule has 0 aromatic carbocycles. The first-order chi connectivity index (χ1) is 29.1. The Labute approximate surface area is 360 Å². The molecule has 0 saturated heterocycles. The van der Waals surface area contributed by atoms with Crippen LogP contribution in [-0.2, 0) is 32.7 Å². The minimum absolute atomic E-state index is 0.0504. The molecule has 0 aromatic rings. The topological polar surface area (TPSA) is 169 Å². The van der Waals surface area contributed by atoms with Crippen molar-refractivity contribution in [2.75, 3.05) is 26.4 Å². The van der Waals surface area contributed by atoms with E-state index in [4.69, 9.17) is 19.1 Å². The van der Waals surface area contributed by atoms with Crippen LogP contribution in [0.15, 0.2) is 122 Å². The van der Waals surface area contributed by atoms with E-state index in [-0.39, 0.29) is 12.8 Å². The number of ether oxygens (including phenoxy) is 2. The Hall–Kier alpha value is -3.67. The van der Waals surface area contributed by atoms with Crippen LogP contribution in [0.25, 0.3) is 0 Å². The van der Waals surface area contributed by atoms with Gasteiger partial charge in [-0.1, -0.05) is 148 Å². The van der Waals surface area contributed by atoms with Gasteiger partial charge in [0.2, 0.25) is 0 Å². The van der Waals surface area contributed by atoms with E-state index in [1.807, 2.05) is 54.7 Å². The summed E-state index contributed by atoms with van der Waals surface area (Å²) < 4.78 is 32.5. The van der Waals surface area contributed by atoms with Gasteiger partial charge in [0.05, 0.1) is 25.9 Å². The molecule has 0 aliphatic rings. The van der Waals surface area contributed by atoms with E-state index in [2.05, 4.69) is 79.1 Å². The van der Waals surface area contributed by atoms with E-state index < -0.39 is 64.5 Å². The molecule has 0 heterocycles. The lowest BCUT2D eigenvalue weighted by Crippen LogP contribution is -2.29. The van der Waals surface area contributed by atoms with Crippen LogP contribution in [0.5, 0.6) is 0 Å². The van der Waals surface area contributed by atoms with Crippen LogP contribution < -0.4 is 0 Å². The number of aliphatic hydroxyl groups excluding tert-OH is 3. The molecule has 0 saturated carbocycles. The first kappa shape index (κ1) is 56.3. The number of phosphoric ester groups is 1. The third-order valence-corrected chi connectivity index (χ3v) is 9.14. The Morgan fingerprint density at radius 2 is 1.12 bits per heavy atom. The predicted octanol–water partition coefficient (Wildman–Crippen LogP) is 10.5. The summed E-state index contributed by atoms with van der Waals surface area (Å²) in [6, 6.07) is 0. The molecule has 0 spiro atoms. The van der Waals surface area contributed by atoms with Crippen LogP contribution in [0.4, 0.5) is 0 Å². The third kappa shape index (κ3) is 41.1. The van der Waals surface area contributed by atoms with Gasteiger partial charge < -0.3 is 29.7 Å². The van der Waals surface area contributed by atoms with E-state index in [1.165, 1.54) is 19.3 Å². The zero-order valence-corrected chi connectivity index (χ0v) is 37.1. The summed E-state index contributed by atoms with van der Waals surface area (Å²) in [5.41, 5.74) is 0. The van der Waals surface area contributed by atoms with E-state index in [9.17, 15) is 29.3 Å². The van der Waals surface area contributed by atoms with E-state index >= 15 is 0 Å². The molecule has 2 unspecified atom stereocenters. The van der Waals surface area contributed by atoms with Gasteiger partial charge in [-0.15, -0.1) is 0 Å². The van der Waals surface area contributed by atoms with Gasteiger partial charge in [0, 0.05) is 12.8 Å². The van der Waals surface area contributed by atoms with Crippen molar-refractivity contribution in [3.05, 3.63) is 122 Å². The highest BCUT2D eigenvalue weighted by Gasteiger charge is 2.27. The number of rotatable bonds is 38. The Morgan fingerprint density at radius 1 is 0.583 bits per heavy atom. The van der Waals surface area contributed by atoms with Crippen molar-refractivity contribution in [1.29, 1.82) is 0 Å². The molecular weight excluding hydrogens is 783 g/mol. The Bertz CT molecular complexity index is 1420. The van der Waals surface area contributed by atoms with Crippen LogP contribution in [0.2, 0.25) is 0 Å². The third-order valence-electron chi connectivity index (χ3n) is 8.19. The fourth-order valence-electron chi connectivity index (χ4n) is 4.86. The molecule has 0 aromatic heterocycles. The van der Waals surface area contributed by atoms with Crippen molar-refractivity contribution in [1.82, 2.24) is 0 Å². The lowest BCUT2D eigenvalue weighted by molar-refractivity contribution is -0.161. The number of aliphatic hydroxyl groups is 3. The largest absolute Gasteiger partial charge is 0.472 e. The Kier molecular flexibility index (Phi) is 39.5. The van der Waals surface area contributed by atoms with Crippen LogP contribution in [-0.4, -0.2) is 76.9 Å². The van der Waals surface area contributed by atoms with Gasteiger partial charge in [-0.2, -0.15) is 0 Å². The maximum absolute atomic E-state index is 12.6. The average molecular weight is 859 g/mol. The van der Waals surface area contributed by atoms with Crippen molar-refractivity contribution in [3.8, 4) is 0 Å². The second-order valence-corrected chi connectivity index (χ2v) is 15.3. The molecule has 0 bridgehead atoms. The zero-order valence-electron chi connectivity index (χ0n) is 36.2. The number of phosphoric acid groups is 1. The number of allylic oxidation sites excluding steroid dienone is 18. The summed E-state index contributed by atoms with van der Waals surface area (Å²) in [6.07, 6.45) is 50.7. The first-order valence-corrected chi connectivity index (χ1v) is 23.1. The number of esters is 2. The van der Waals surface area contributed by atoms with Crippen molar-refractivity contribution in [2.24, 2.45) is 0 Å². The number of carbonyl (C=O) groups excluding carboxylic acids is 2. The molecule has 60 heavy (non-hydrogen) atoms. The minimum Gasteiger partial charge on any atom is -0.462 e. The SMILES string of the molecule is CC/C=C\C/C=C\CC(O)/C=C/C=C\C/C=C\CCCC(=O)O[C@H](COC(=O)CC/C=C\C/C=C\C/C=C\C/C=C\C/C=C\CCCCC)COP(=O)(O)OC[C@@H](O)CO. The maximum Gasteiger partial charge on any atom is 0.472 e. The van der Waals surface area contributed by atoms with Crippen LogP contribution >= 0.6 is 7.82 Å². The molecule has 0 aliphatic heterocycles. The lowest BCUT2D eigenvalue weighted by Gasteiger charge is -2.20. The van der Waals surface area contributed by atoms with Gasteiger partial charge in [0.1, 0.15) is 12.7 Å². The lowest BCUT2D eigenvalue weighted by atomic mass is 10.2. The monoisotopic (exact) mass is 859 g/mol. The van der Waals surface area contributed by atoms with Gasteiger partial charge >= 0.3 is 19.8 Å². The summed E-state index contributed by atoms with van der Waals surface area (Å²) in [7, 11) is -4.67. The zero-order chi connectivity index (χ0) is 44.2. The highest BCUT2D eigenvalue weighted by molar-refractivity contribution is 7.47. The Morgan fingerprint density at radius 3 is 1.72 bits per heavy atom. The first-order valence-electron chi connectivity index (χ1n) is 21.6. The molecule has 0 radical (unpaired) electrons. The predicted molar refractivity (Wildman–Crippen MR) is 243 cm³/mol. The highest BCUT2D eigenvalue weighted by Crippen LogP contribution is 2.43. The van der Waals surface area contributed by atoms with Crippen molar-refractivity contribution < 1.29 is 52.9 Å². The van der Waals surface area contributed by atoms with E-state index in [0.717, 1.165) is 44.9 Å². The van der Waals surface area contributed by atoms with Crippen molar-refractivity contribution in [2.45, 2.75) is 141 Å². The molecule has 12 heteroatoms. The number of hydrogen-bond donors (Lipinski definition) is 4. The van der Waals surface area contributed by atoms with Gasteiger partial charge in [-0.3, -0.25) is 18.6 Å². The summed E-state index contributed by atoms with van der Waals surface area (Å²) in [5, 5.41) is 28.3. The van der Waals surface area contributed by atoms with Crippen molar-refractivity contribution >= 4 is 19.8 Å². The smallest absolute Gasteiger partial charge is 0.462 e. The summed E-state index contributed by atoms with van der Waals surface area (Å²) in [4.78, 5) is 34.9. The minimum atomic E-state index is -4.67. The second kappa shape index (κ2) is 42.0. The molecule has 4 atom stereocenters.